The molecule has 1 aromatic carbocycles. The zero-order chi connectivity index (χ0) is 15.3. The fraction of sp³-hybridized carbons (Fsp3) is 0.462. The van der Waals surface area contributed by atoms with Crippen LogP contribution in [0.4, 0.5) is 4.39 Å². The van der Waals surface area contributed by atoms with E-state index < -0.39 is 27.9 Å². The molecular weight excluding hydrogens is 285 g/mol. The number of carboxylic acids is 1. The summed E-state index contributed by atoms with van der Waals surface area (Å²) in [5.41, 5.74) is 0.396. The van der Waals surface area contributed by atoms with E-state index in [0.717, 1.165) is 12.1 Å². The first-order chi connectivity index (χ1) is 9.19. The lowest BCUT2D eigenvalue weighted by atomic mass is 10.1. The number of halogens is 1. The van der Waals surface area contributed by atoms with Gasteiger partial charge in [0.2, 0.25) is 10.0 Å². The van der Waals surface area contributed by atoms with Crippen LogP contribution >= 0.6 is 0 Å². The average Bonchev–Trinajstić information content (AvgIpc) is 2.30. The van der Waals surface area contributed by atoms with Gasteiger partial charge in [0, 0.05) is 0 Å². The van der Waals surface area contributed by atoms with E-state index in [-0.39, 0.29) is 18.1 Å². The fourth-order valence-corrected chi connectivity index (χ4v) is 3.07. The van der Waals surface area contributed by atoms with Gasteiger partial charge in [-0.05, 0) is 30.0 Å². The second kappa shape index (κ2) is 6.81. The van der Waals surface area contributed by atoms with E-state index >= 15 is 0 Å². The van der Waals surface area contributed by atoms with Gasteiger partial charge < -0.3 is 5.11 Å². The summed E-state index contributed by atoms with van der Waals surface area (Å²) in [6.45, 7) is 3.62. The normalized spacial score (nSPS) is 13.4. The smallest absolute Gasteiger partial charge is 0.321 e. The Morgan fingerprint density at radius 2 is 1.85 bits per heavy atom. The van der Waals surface area contributed by atoms with E-state index in [1.807, 2.05) is 13.8 Å². The highest BCUT2D eigenvalue weighted by molar-refractivity contribution is 7.88. The van der Waals surface area contributed by atoms with Crippen molar-refractivity contribution in [2.75, 3.05) is 0 Å². The van der Waals surface area contributed by atoms with Crippen LogP contribution in [-0.2, 0) is 20.6 Å². The van der Waals surface area contributed by atoms with Crippen molar-refractivity contribution >= 4 is 16.0 Å². The highest BCUT2D eigenvalue weighted by Gasteiger charge is 2.24. The predicted molar refractivity (Wildman–Crippen MR) is 73.0 cm³/mol. The van der Waals surface area contributed by atoms with Crippen LogP contribution in [0, 0.1) is 11.7 Å². The summed E-state index contributed by atoms with van der Waals surface area (Å²) >= 11 is 0. The highest BCUT2D eigenvalue weighted by Crippen LogP contribution is 2.10. The quantitative estimate of drug-likeness (QED) is 0.803. The number of benzene rings is 1. The molecule has 0 aliphatic rings. The van der Waals surface area contributed by atoms with Crippen molar-refractivity contribution in [2.24, 2.45) is 5.92 Å². The molecule has 1 rings (SSSR count). The first-order valence-electron chi connectivity index (χ1n) is 6.17. The molecule has 0 saturated heterocycles. The van der Waals surface area contributed by atoms with Crippen LogP contribution in [-0.4, -0.2) is 25.5 Å². The number of sulfonamides is 1. The molecule has 0 aromatic heterocycles. The number of nitrogens with one attached hydrogen (secondary N) is 1. The summed E-state index contributed by atoms with van der Waals surface area (Å²) in [5, 5.41) is 9.01. The Balaban J connectivity index is 2.77. The summed E-state index contributed by atoms with van der Waals surface area (Å²) in [6.07, 6.45) is 0.206. The Kier molecular flexibility index (Phi) is 5.64. The SMILES string of the molecule is CC(C)C[C@H](NS(=O)(=O)Cc1ccc(F)cc1)C(=O)O. The van der Waals surface area contributed by atoms with Gasteiger partial charge in [0.15, 0.2) is 0 Å². The number of carboxylic acid groups (broad SMARTS) is 1. The molecule has 0 fully saturated rings. The molecule has 7 heteroatoms. The molecule has 1 atom stereocenters. The Hall–Kier alpha value is -1.47. The van der Waals surface area contributed by atoms with E-state index in [9.17, 15) is 17.6 Å². The van der Waals surface area contributed by atoms with Crippen LogP contribution in [0.15, 0.2) is 24.3 Å². The maximum Gasteiger partial charge on any atom is 0.321 e. The molecule has 0 amide bonds. The molecule has 0 spiro atoms. The molecule has 20 heavy (non-hydrogen) atoms. The first kappa shape index (κ1) is 16.6. The summed E-state index contributed by atoms with van der Waals surface area (Å²) < 4.78 is 38.7. The Morgan fingerprint density at radius 1 is 1.30 bits per heavy atom. The largest absolute Gasteiger partial charge is 0.480 e. The molecule has 1 aromatic rings. The van der Waals surface area contributed by atoms with Crippen LogP contribution in [0.3, 0.4) is 0 Å². The van der Waals surface area contributed by atoms with Crippen LogP contribution in [0.25, 0.3) is 0 Å². The van der Waals surface area contributed by atoms with Gasteiger partial charge in [0.1, 0.15) is 11.9 Å². The van der Waals surface area contributed by atoms with Crippen LogP contribution < -0.4 is 4.72 Å². The average molecular weight is 303 g/mol. The van der Waals surface area contributed by atoms with Crippen LogP contribution in [0.5, 0.6) is 0 Å². The number of aliphatic carboxylic acids is 1. The maximum absolute atomic E-state index is 12.7. The molecule has 0 aliphatic carbocycles. The molecule has 0 unspecified atom stereocenters. The lowest BCUT2D eigenvalue weighted by molar-refractivity contribution is -0.139. The highest BCUT2D eigenvalue weighted by atomic mass is 32.2. The van der Waals surface area contributed by atoms with Gasteiger partial charge in [-0.3, -0.25) is 4.79 Å². The molecule has 0 bridgehead atoms. The number of rotatable bonds is 7. The van der Waals surface area contributed by atoms with E-state index in [1.54, 1.807) is 0 Å². The van der Waals surface area contributed by atoms with Gasteiger partial charge in [-0.1, -0.05) is 26.0 Å². The van der Waals surface area contributed by atoms with Gasteiger partial charge in [-0.25, -0.2) is 17.5 Å². The topological polar surface area (TPSA) is 83.5 Å². The molecule has 5 nitrogen and oxygen atoms in total. The molecular formula is C13H18FNO4S. The van der Waals surface area contributed by atoms with Crippen molar-refractivity contribution in [2.45, 2.75) is 32.1 Å². The summed E-state index contributed by atoms with van der Waals surface area (Å²) in [5.74, 6) is -2.00. The molecule has 0 heterocycles. The zero-order valence-corrected chi connectivity index (χ0v) is 12.2. The minimum Gasteiger partial charge on any atom is -0.480 e. The second-order valence-corrected chi connectivity index (χ2v) is 6.78. The molecule has 0 saturated carbocycles. The number of hydrogen-bond donors (Lipinski definition) is 2. The summed E-state index contributed by atoms with van der Waals surface area (Å²) in [4.78, 5) is 11.0. The minimum absolute atomic E-state index is 0.0459. The second-order valence-electron chi connectivity index (χ2n) is 5.02. The van der Waals surface area contributed by atoms with Gasteiger partial charge in [-0.2, -0.15) is 0 Å². The van der Waals surface area contributed by atoms with Gasteiger partial charge in [-0.15, -0.1) is 0 Å². The fourth-order valence-electron chi connectivity index (χ4n) is 1.73. The first-order valence-corrected chi connectivity index (χ1v) is 7.82. The lowest BCUT2D eigenvalue weighted by Crippen LogP contribution is -2.42. The summed E-state index contributed by atoms with van der Waals surface area (Å²) in [7, 11) is -3.79. The van der Waals surface area contributed by atoms with Crippen molar-refractivity contribution in [3.8, 4) is 0 Å². The molecule has 0 radical (unpaired) electrons. The zero-order valence-electron chi connectivity index (χ0n) is 11.3. The number of carbonyl (C=O) groups is 1. The van der Waals surface area contributed by atoms with E-state index in [4.69, 9.17) is 5.11 Å². The van der Waals surface area contributed by atoms with Gasteiger partial charge in [0.25, 0.3) is 0 Å². The van der Waals surface area contributed by atoms with Crippen molar-refractivity contribution in [3.05, 3.63) is 35.6 Å². The molecule has 112 valence electrons. The third-order valence-corrected chi connectivity index (χ3v) is 3.95. The molecule has 0 aliphatic heterocycles. The van der Waals surface area contributed by atoms with Crippen molar-refractivity contribution < 1.29 is 22.7 Å². The standard InChI is InChI=1S/C13H18FNO4S/c1-9(2)7-12(13(16)17)15-20(18,19)8-10-3-5-11(14)6-4-10/h3-6,9,12,15H,7-8H2,1-2H3,(H,16,17)/t12-/m0/s1. The summed E-state index contributed by atoms with van der Waals surface area (Å²) in [6, 6.07) is 3.88. The lowest BCUT2D eigenvalue weighted by Gasteiger charge is -2.16. The third-order valence-electron chi connectivity index (χ3n) is 2.60. The Bertz CT molecular complexity index is 554. The monoisotopic (exact) mass is 303 g/mol. The maximum atomic E-state index is 12.7. The Morgan fingerprint density at radius 3 is 2.30 bits per heavy atom. The van der Waals surface area contributed by atoms with E-state index in [2.05, 4.69) is 4.72 Å². The van der Waals surface area contributed by atoms with Gasteiger partial charge in [0.05, 0.1) is 5.75 Å². The van der Waals surface area contributed by atoms with Crippen LogP contribution in [0.2, 0.25) is 0 Å². The third kappa shape index (κ3) is 5.66. The predicted octanol–water partition coefficient (Wildman–Crippen LogP) is 1.74. The van der Waals surface area contributed by atoms with Gasteiger partial charge >= 0.3 is 5.97 Å². The van der Waals surface area contributed by atoms with E-state index in [0.29, 0.717) is 5.56 Å². The van der Waals surface area contributed by atoms with Crippen molar-refractivity contribution in [1.82, 2.24) is 4.72 Å². The Labute approximate surface area is 117 Å². The van der Waals surface area contributed by atoms with Crippen molar-refractivity contribution in [3.63, 3.8) is 0 Å². The number of hydrogen-bond acceptors (Lipinski definition) is 3. The van der Waals surface area contributed by atoms with E-state index in [1.165, 1.54) is 12.1 Å². The van der Waals surface area contributed by atoms with Crippen LogP contribution in [0.1, 0.15) is 25.8 Å². The minimum atomic E-state index is -3.79. The molecule has 2 N–H and O–H groups in total. The van der Waals surface area contributed by atoms with Crippen molar-refractivity contribution in [1.29, 1.82) is 0 Å².